The van der Waals surface area contributed by atoms with Crippen LogP contribution < -0.4 is 5.73 Å². The Balaban J connectivity index is 1.99. The molecule has 1 heterocycles. The normalized spacial score (nSPS) is 38.6. The van der Waals surface area contributed by atoms with E-state index < -0.39 is 0 Å². The Morgan fingerprint density at radius 2 is 2.25 bits per heavy atom. The number of carbonyl (C=O) groups excluding carboxylic acids is 1. The van der Waals surface area contributed by atoms with Gasteiger partial charge in [0.1, 0.15) is 0 Å². The summed E-state index contributed by atoms with van der Waals surface area (Å²) in [6.07, 6.45) is 5.66. The van der Waals surface area contributed by atoms with Crippen molar-refractivity contribution in [1.82, 2.24) is 4.90 Å². The van der Waals surface area contributed by atoms with Crippen molar-refractivity contribution in [3.8, 4) is 0 Å². The average Bonchev–Trinajstić information content (AvgIpc) is 3.01. The van der Waals surface area contributed by atoms with Gasteiger partial charge in [0.2, 0.25) is 5.91 Å². The molecule has 1 aliphatic heterocycles. The van der Waals surface area contributed by atoms with Gasteiger partial charge in [-0.25, -0.2) is 0 Å². The first-order chi connectivity index (χ1) is 7.62. The summed E-state index contributed by atoms with van der Waals surface area (Å²) in [6.45, 7) is 5.97. The van der Waals surface area contributed by atoms with Gasteiger partial charge in [-0.1, -0.05) is 13.8 Å². The van der Waals surface area contributed by atoms with Gasteiger partial charge in [-0.15, -0.1) is 0 Å². The summed E-state index contributed by atoms with van der Waals surface area (Å²) in [7, 11) is 0. The van der Waals surface area contributed by atoms with Crippen LogP contribution in [0.3, 0.4) is 0 Å². The van der Waals surface area contributed by atoms with Gasteiger partial charge in [0.15, 0.2) is 0 Å². The third-order valence-electron chi connectivity index (χ3n) is 4.64. The van der Waals surface area contributed by atoms with Crippen LogP contribution in [0.25, 0.3) is 0 Å². The van der Waals surface area contributed by atoms with E-state index >= 15 is 0 Å². The Kier molecular flexibility index (Phi) is 3.24. The SMILES string of the molecule is CCC1(C)CC1C(=O)N1CCCCC1CN. The number of nitrogens with zero attached hydrogens (tertiary/aromatic N) is 1. The van der Waals surface area contributed by atoms with Crippen molar-refractivity contribution in [2.24, 2.45) is 17.1 Å². The molecule has 0 aromatic carbocycles. The van der Waals surface area contributed by atoms with Gasteiger partial charge < -0.3 is 10.6 Å². The lowest BCUT2D eigenvalue weighted by Gasteiger charge is -2.35. The maximum absolute atomic E-state index is 12.4. The molecule has 3 nitrogen and oxygen atoms in total. The number of hydrogen-bond acceptors (Lipinski definition) is 2. The molecule has 0 aromatic heterocycles. The lowest BCUT2D eigenvalue weighted by molar-refractivity contribution is -0.136. The molecule has 0 bridgehead atoms. The Morgan fingerprint density at radius 1 is 1.50 bits per heavy atom. The van der Waals surface area contributed by atoms with Gasteiger partial charge >= 0.3 is 0 Å². The minimum absolute atomic E-state index is 0.282. The third-order valence-corrected chi connectivity index (χ3v) is 4.64. The van der Waals surface area contributed by atoms with Crippen molar-refractivity contribution in [3.63, 3.8) is 0 Å². The van der Waals surface area contributed by atoms with Gasteiger partial charge in [0.25, 0.3) is 0 Å². The Bertz CT molecular complexity index is 279. The second-order valence-corrected chi connectivity index (χ2v) is 5.68. The lowest BCUT2D eigenvalue weighted by atomic mass is 9.99. The van der Waals surface area contributed by atoms with Crippen LogP contribution in [0.5, 0.6) is 0 Å². The largest absolute Gasteiger partial charge is 0.338 e. The summed E-state index contributed by atoms with van der Waals surface area (Å²) in [5.41, 5.74) is 6.04. The molecule has 2 aliphatic rings. The zero-order valence-corrected chi connectivity index (χ0v) is 10.5. The monoisotopic (exact) mass is 224 g/mol. The number of hydrogen-bond donors (Lipinski definition) is 1. The fraction of sp³-hybridized carbons (Fsp3) is 0.923. The van der Waals surface area contributed by atoms with Crippen LogP contribution >= 0.6 is 0 Å². The number of rotatable bonds is 3. The van der Waals surface area contributed by atoms with Crippen LogP contribution in [0.2, 0.25) is 0 Å². The molecule has 1 aliphatic carbocycles. The Labute approximate surface area is 98.4 Å². The first-order valence-corrected chi connectivity index (χ1v) is 6.63. The molecular formula is C13H24N2O. The second-order valence-electron chi connectivity index (χ2n) is 5.68. The van der Waals surface area contributed by atoms with Crippen molar-refractivity contribution in [2.75, 3.05) is 13.1 Å². The Hall–Kier alpha value is -0.570. The molecule has 2 rings (SSSR count). The average molecular weight is 224 g/mol. The zero-order valence-electron chi connectivity index (χ0n) is 10.5. The molecule has 0 radical (unpaired) electrons. The maximum Gasteiger partial charge on any atom is 0.226 e. The van der Waals surface area contributed by atoms with Crippen LogP contribution in [-0.2, 0) is 4.79 Å². The maximum atomic E-state index is 12.4. The van der Waals surface area contributed by atoms with Crippen LogP contribution in [0, 0.1) is 11.3 Å². The van der Waals surface area contributed by atoms with Crippen LogP contribution in [-0.4, -0.2) is 29.9 Å². The highest BCUT2D eigenvalue weighted by Crippen LogP contribution is 2.55. The van der Waals surface area contributed by atoms with Crippen molar-refractivity contribution >= 4 is 5.91 Å². The van der Waals surface area contributed by atoms with Gasteiger partial charge in [-0.05, 0) is 37.5 Å². The van der Waals surface area contributed by atoms with E-state index in [-0.39, 0.29) is 11.3 Å². The molecule has 0 spiro atoms. The fourth-order valence-electron chi connectivity index (χ4n) is 2.92. The van der Waals surface area contributed by atoms with Crippen LogP contribution in [0.15, 0.2) is 0 Å². The highest BCUT2D eigenvalue weighted by molar-refractivity contribution is 5.83. The third kappa shape index (κ3) is 1.97. The van der Waals surface area contributed by atoms with E-state index in [2.05, 4.69) is 18.7 Å². The number of carbonyl (C=O) groups is 1. The van der Waals surface area contributed by atoms with Crippen molar-refractivity contribution < 1.29 is 4.79 Å². The van der Waals surface area contributed by atoms with Gasteiger partial charge in [0.05, 0.1) is 0 Å². The van der Waals surface area contributed by atoms with E-state index in [0.29, 0.717) is 18.5 Å². The minimum atomic E-state index is 0.282. The molecule has 0 aromatic rings. The summed E-state index contributed by atoms with van der Waals surface area (Å²) >= 11 is 0. The standard InChI is InChI=1S/C13H24N2O/c1-3-13(2)8-11(13)12(16)15-7-5-4-6-10(15)9-14/h10-11H,3-9,14H2,1-2H3. The smallest absolute Gasteiger partial charge is 0.226 e. The molecule has 3 unspecified atom stereocenters. The van der Waals surface area contributed by atoms with Crippen molar-refractivity contribution in [3.05, 3.63) is 0 Å². The number of likely N-dealkylation sites (tertiary alicyclic amines) is 1. The molecule has 1 saturated heterocycles. The predicted octanol–water partition coefficient (Wildman–Crippen LogP) is 1.76. The first-order valence-electron chi connectivity index (χ1n) is 6.63. The Morgan fingerprint density at radius 3 is 2.81 bits per heavy atom. The van der Waals surface area contributed by atoms with E-state index in [4.69, 9.17) is 5.73 Å². The van der Waals surface area contributed by atoms with Crippen molar-refractivity contribution in [1.29, 1.82) is 0 Å². The zero-order chi connectivity index (χ0) is 11.8. The number of piperidine rings is 1. The van der Waals surface area contributed by atoms with Gasteiger partial charge in [0, 0.05) is 25.0 Å². The lowest BCUT2D eigenvalue weighted by Crippen LogP contribution is -2.48. The molecule has 1 amide bonds. The molecule has 1 saturated carbocycles. The van der Waals surface area contributed by atoms with Crippen molar-refractivity contribution in [2.45, 2.75) is 52.0 Å². The predicted molar refractivity (Wildman–Crippen MR) is 64.9 cm³/mol. The second kappa shape index (κ2) is 4.36. The van der Waals surface area contributed by atoms with Crippen LogP contribution in [0.4, 0.5) is 0 Å². The van der Waals surface area contributed by atoms with E-state index in [1.54, 1.807) is 0 Å². The topological polar surface area (TPSA) is 46.3 Å². The molecular weight excluding hydrogens is 200 g/mol. The summed E-state index contributed by atoms with van der Waals surface area (Å²) in [4.78, 5) is 14.4. The molecule has 16 heavy (non-hydrogen) atoms. The van der Waals surface area contributed by atoms with E-state index in [1.807, 2.05) is 0 Å². The number of amides is 1. The first kappa shape index (κ1) is 11.9. The summed E-state index contributed by atoms with van der Waals surface area (Å²) in [6, 6.07) is 0.308. The quantitative estimate of drug-likeness (QED) is 0.794. The molecule has 2 N–H and O–H groups in total. The summed E-state index contributed by atoms with van der Waals surface area (Å²) in [5.74, 6) is 0.657. The fourth-order valence-corrected chi connectivity index (χ4v) is 2.92. The molecule has 3 atom stereocenters. The van der Waals surface area contributed by atoms with E-state index in [9.17, 15) is 4.79 Å². The highest BCUT2D eigenvalue weighted by Gasteiger charge is 2.54. The minimum Gasteiger partial charge on any atom is -0.338 e. The van der Waals surface area contributed by atoms with Gasteiger partial charge in [-0.3, -0.25) is 4.79 Å². The molecule has 92 valence electrons. The molecule has 2 fully saturated rings. The summed E-state index contributed by atoms with van der Waals surface area (Å²) in [5, 5.41) is 0. The molecule has 3 heteroatoms. The van der Waals surface area contributed by atoms with E-state index in [1.165, 1.54) is 6.42 Å². The van der Waals surface area contributed by atoms with E-state index in [0.717, 1.165) is 32.2 Å². The van der Waals surface area contributed by atoms with Gasteiger partial charge in [-0.2, -0.15) is 0 Å². The summed E-state index contributed by atoms with van der Waals surface area (Å²) < 4.78 is 0. The van der Waals surface area contributed by atoms with Crippen LogP contribution in [0.1, 0.15) is 46.0 Å². The highest BCUT2D eigenvalue weighted by atomic mass is 16.2. The number of nitrogens with two attached hydrogens (primary N) is 1.